The maximum Gasteiger partial charge on any atom is 0.226 e. The summed E-state index contributed by atoms with van der Waals surface area (Å²) in [7, 11) is 0. The Labute approximate surface area is 126 Å². The fraction of sp³-hybridized carbons (Fsp3) is 0.765. The molecule has 0 radical (unpaired) electrons. The van der Waals surface area contributed by atoms with Crippen molar-refractivity contribution in [3.05, 3.63) is 17.7 Å². The van der Waals surface area contributed by atoms with Crippen LogP contribution in [-0.2, 0) is 17.8 Å². The van der Waals surface area contributed by atoms with Crippen LogP contribution in [-0.4, -0.2) is 32.9 Å². The summed E-state index contributed by atoms with van der Waals surface area (Å²) < 4.78 is 2.28. The topological polar surface area (TPSA) is 38.1 Å². The predicted octanol–water partition coefficient (Wildman–Crippen LogP) is 2.55. The number of carbonyl (C=O) groups is 1. The van der Waals surface area contributed by atoms with Crippen LogP contribution in [0.1, 0.15) is 50.0 Å². The maximum atomic E-state index is 13.0. The zero-order chi connectivity index (χ0) is 14.4. The van der Waals surface area contributed by atoms with Gasteiger partial charge in [0.25, 0.3) is 0 Å². The predicted molar refractivity (Wildman–Crippen MR) is 80.9 cm³/mol. The van der Waals surface area contributed by atoms with Crippen LogP contribution < -0.4 is 0 Å². The summed E-state index contributed by atoms with van der Waals surface area (Å²) in [4.78, 5) is 19.7. The molecule has 1 aromatic heterocycles. The molecule has 114 valence electrons. The van der Waals surface area contributed by atoms with Gasteiger partial charge in [-0.15, -0.1) is 0 Å². The highest BCUT2D eigenvalue weighted by atomic mass is 16.2. The summed E-state index contributed by atoms with van der Waals surface area (Å²) >= 11 is 0. The summed E-state index contributed by atoms with van der Waals surface area (Å²) in [6, 6.07) is 0.548. The monoisotopic (exact) mass is 287 g/mol. The summed E-state index contributed by atoms with van der Waals surface area (Å²) in [5.74, 6) is 2.50. The third-order valence-electron chi connectivity index (χ3n) is 5.59. The Kier molecular flexibility index (Phi) is 3.27. The SMILES string of the molecule is Cc1ncc2n1CCC(C(=O)N(CC1CC1)C1CCC1)C2. The van der Waals surface area contributed by atoms with Crippen molar-refractivity contribution in [2.75, 3.05) is 6.54 Å². The summed E-state index contributed by atoms with van der Waals surface area (Å²) in [5, 5.41) is 0. The smallest absolute Gasteiger partial charge is 0.226 e. The van der Waals surface area contributed by atoms with Crippen molar-refractivity contribution in [2.45, 2.75) is 64.5 Å². The lowest BCUT2D eigenvalue weighted by molar-refractivity contribution is -0.140. The largest absolute Gasteiger partial charge is 0.339 e. The second-order valence-corrected chi connectivity index (χ2v) is 7.16. The van der Waals surface area contributed by atoms with E-state index in [1.54, 1.807) is 0 Å². The highest BCUT2D eigenvalue weighted by Crippen LogP contribution is 2.35. The molecule has 0 N–H and O–H groups in total. The number of nitrogens with zero attached hydrogens (tertiary/aromatic N) is 3. The minimum atomic E-state index is 0.188. The van der Waals surface area contributed by atoms with Crippen molar-refractivity contribution < 1.29 is 4.79 Å². The third-order valence-corrected chi connectivity index (χ3v) is 5.59. The fourth-order valence-electron chi connectivity index (χ4n) is 3.76. The summed E-state index contributed by atoms with van der Waals surface area (Å²) in [6.07, 6.45) is 10.2. The number of aryl methyl sites for hydroxylation is 1. The molecule has 0 spiro atoms. The Balaban J connectivity index is 1.47. The van der Waals surface area contributed by atoms with Gasteiger partial charge < -0.3 is 9.47 Å². The Morgan fingerprint density at radius 2 is 2.14 bits per heavy atom. The first-order valence-corrected chi connectivity index (χ1v) is 8.54. The Morgan fingerprint density at radius 1 is 1.33 bits per heavy atom. The Morgan fingerprint density at radius 3 is 2.81 bits per heavy atom. The van der Waals surface area contributed by atoms with E-state index in [-0.39, 0.29) is 5.92 Å². The van der Waals surface area contributed by atoms with E-state index < -0.39 is 0 Å². The Bertz CT molecular complexity index is 542. The van der Waals surface area contributed by atoms with Crippen molar-refractivity contribution in [1.29, 1.82) is 0 Å². The van der Waals surface area contributed by atoms with Gasteiger partial charge in [-0.3, -0.25) is 4.79 Å². The van der Waals surface area contributed by atoms with Crippen LogP contribution in [0, 0.1) is 18.8 Å². The van der Waals surface area contributed by atoms with E-state index in [1.807, 2.05) is 6.20 Å². The lowest BCUT2D eigenvalue weighted by atomic mass is 9.88. The van der Waals surface area contributed by atoms with Crippen molar-refractivity contribution in [1.82, 2.24) is 14.5 Å². The van der Waals surface area contributed by atoms with Crippen LogP contribution in [0.25, 0.3) is 0 Å². The van der Waals surface area contributed by atoms with Crippen LogP contribution in [0.2, 0.25) is 0 Å². The van der Waals surface area contributed by atoms with Gasteiger partial charge in [0.15, 0.2) is 0 Å². The molecule has 2 aliphatic carbocycles. The zero-order valence-electron chi connectivity index (χ0n) is 12.9. The molecule has 1 aliphatic heterocycles. The van der Waals surface area contributed by atoms with E-state index in [0.29, 0.717) is 11.9 Å². The van der Waals surface area contributed by atoms with Crippen molar-refractivity contribution in [2.24, 2.45) is 11.8 Å². The van der Waals surface area contributed by atoms with Gasteiger partial charge in [0.2, 0.25) is 5.91 Å². The molecule has 1 atom stereocenters. The summed E-state index contributed by atoms with van der Waals surface area (Å²) in [6.45, 7) is 4.04. The molecule has 21 heavy (non-hydrogen) atoms. The van der Waals surface area contributed by atoms with E-state index in [4.69, 9.17) is 0 Å². The molecule has 0 bridgehead atoms. The number of hydrogen-bond acceptors (Lipinski definition) is 2. The molecule has 1 aromatic rings. The number of hydrogen-bond donors (Lipinski definition) is 0. The van der Waals surface area contributed by atoms with Gasteiger partial charge in [-0.05, 0) is 51.4 Å². The molecular weight excluding hydrogens is 262 g/mol. The number of amides is 1. The fourth-order valence-corrected chi connectivity index (χ4v) is 3.76. The van der Waals surface area contributed by atoms with Gasteiger partial charge in [-0.25, -0.2) is 4.98 Å². The van der Waals surface area contributed by atoms with Gasteiger partial charge in [-0.1, -0.05) is 0 Å². The first kappa shape index (κ1) is 13.4. The highest BCUT2D eigenvalue weighted by molar-refractivity contribution is 5.79. The second-order valence-electron chi connectivity index (χ2n) is 7.16. The number of rotatable bonds is 4. The van der Waals surface area contributed by atoms with Crippen LogP contribution in [0.5, 0.6) is 0 Å². The van der Waals surface area contributed by atoms with Crippen LogP contribution >= 0.6 is 0 Å². The maximum absolute atomic E-state index is 13.0. The molecule has 1 unspecified atom stereocenters. The third kappa shape index (κ3) is 2.49. The average Bonchev–Trinajstić information content (AvgIpc) is 3.18. The molecule has 0 saturated heterocycles. The first-order chi connectivity index (χ1) is 10.2. The minimum Gasteiger partial charge on any atom is -0.339 e. The normalized spacial score (nSPS) is 25.3. The number of imidazole rings is 1. The quantitative estimate of drug-likeness (QED) is 0.853. The molecule has 4 heteroatoms. The number of aromatic nitrogens is 2. The molecule has 4 nitrogen and oxygen atoms in total. The lowest BCUT2D eigenvalue weighted by Crippen LogP contribution is -2.49. The Hall–Kier alpha value is -1.32. The average molecular weight is 287 g/mol. The van der Waals surface area contributed by atoms with E-state index in [0.717, 1.165) is 37.7 Å². The van der Waals surface area contributed by atoms with Crippen LogP contribution in [0.4, 0.5) is 0 Å². The van der Waals surface area contributed by atoms with E-state index in [1.165, 1.54) is 37.8 Å². The minimum absolute atomic E-state index is 0.188. The molecule has 3 aliphatic rings. The van der Waals surface area contributed by atoms with Gasteiger partial charge in [-0.2, -0.15) is 0 Å². The van der Waals surface area contributed by atoms with Crippen molar-refractivity contribution in [3.8, 4) is 0 Å². The van der Waals surface area contributed by atoms with Crippen molar-refractivity contribution in [3.63, 3.8) is 0 Å². The number of carbonyl (C=O) groups excluding carboxylic acids is 1. The van der Waals surface area contributed by atoms with Crippen LogP contribution in [0.15, 0.2) is 6.20 Å². The molecule has 2 saturated carbocycles. The van der Waals surface area contributed by atoms with Gasteiger partial charge in [0, 0.05) is 43.4 Å². The van der Waals surface area contributed by atoms with Gasteiger partial charge >= 0.3 is 0 Å². The molecule has 0 aromatic carbocycles. The molecule has 2 heterocycles. The molecule has 2 fully saturated rings. The van der Waals surface area contributed by atoms with Gasteiger partial charge in [0.05, 0.1) is 0 Å². The number of fused-ring (bicyclic) bond motifs is 1. The van der Waals surface area contributed by atoms with E-state index in [2.05, 4.69) is 21.4 Å². The first-order valence-electron chi connectivity index (χ1n) is 8.54. The molecular formula is C17H25N3O. The second kappa shape index (κ2) is 5.15. The van der Waals surface area contributed by atoms with E-state index in [9.17, 15) is 4.79 Å². The highest BCUT2D eigenvalue weighted by Gasteiger charge is 2.37. The van der Waals surface area contributed by atoms with Gasteiger partial charge in [0.1, 0.15) is 5.82 Å². The van der Waals surface area contributed by atoms with Crippen molar-refractivity contribution >= 4 is 5.91 Å². The standard InChI is InChI=1S/C17H25N3O/c1-12-18-10-16-9-14(7-8-19(12)16)17(21)20(11-13-5-6-13)15-3-2-4-15/h10,13-15H,2-9,11H2,1H3. The molecule has 1 amide bonds. The van der Waals surface area contributed by atoms with Crippen LogP contribution in [0.3, 0.4) is 0 Å². The van der Waals surface area contributed by atoms with E-state index >= 15 is 0 Å². The summed E-state index contributed by atoms with van der Waals surface area (Å²) in [5.41, 5.74) is 1.25. The molecule has 4 rings (SSSR count). The lowest BCUT2D eigenvalue weighted by Gasteiger charge is -2.40. The zero-order valence-corrected chi connectivity index (χ0v) is 12.9.